The predicted octanol–water partition coefficient (Wildman–Crippen LogP) is 0.0424. The van der Waals surface area contributed by atoms with Crippen LogP contribution in [0.1, 0.15) is 45.2 Å². The Morgan fingerprint density at radius 1 is 1.15 bits per heavy atom. The van der Waals surface area contributed by atoms with Crippen LogP contribution in [0.4, 0.5) is 0 Å². The van der Waals surface area contributed by atoms with E-state index in [-0.39, 0.29) is 30.7 Å². The topological polar surface area (TPSA) is 165 Å². The molecule has 4 unspecified atom stereocenters. The normalized spacial score (nSPS) is 18.2. The summed E-state index contributed by atoms with van der Waals surface area (Å²) < 4.78 is 0. The van der Waals surface area contributed by atoms with E-state index in [2.05, 4.69) is 31.2 Å². The number of carboxylic acid groups (broad SMARTS) is 1. The number of nitrogens with one attached hydrogen (secondary N) is 5. The quantitative estimate of drug-likeness (QED) is 0.210. The third-order valence-corrected chi connectivity index (χ3v) is 6.20. The van der Waals surface area contributed by atoms with Gasteiger partial charge >= 0.3 is 5.97 Å². The van der Waals surface area contributed by atoms with Gasteiger partial charge in [0, 0.05) is 18.3 Å². The fourth-order valence-corrected chi connectivity index (χ4v) is 4.22. The minimum absolute atomic E-state index is 0.0962. The molecule has 0 radical (unpaired) electrons. The summed E-state index contributed by atoms with van der Waals surface area (Å²) in [6.07, 6.45) is 7.20. The number of carbonyl (C=O) groups excluding carboxylic acids is 3. The van der Waals surface area contributed by atoms with Crippen molar-refractivity contribution >= 4 is 35.5 Å². The maximum absolute atomic E-state index is 13.2. The molecule has 4 atom stereocenters. The summed E-state index contributed by atoms with van der Waals surface area (Å²) in [5, 5.41) is 20.7. The average molecular weight is 497 g/mol. The van der Waals surface area contributed by atoms with E-state index in [0.717, 1.165) is 13.0 Å². The van der Waals surface area contributed by atoms with Gasteiger partial charge in [0.15, 0.2) is 0 Å². The van der Waals surface area contributed by atoms with Crippen molar-refractivity contribution in [1.29, 1.82) is 0 Å². The van der Waals surface area contributed by atoms with Gasteiger partial charge in [-0.15, -0.1) is 0 Å². The molecule has 11 nitrogen and oxygen atoms in total. The number of carboxylic acids is 1. The van der Waals surface area contributed by atoms with Crippen molar-refractivity contribution in [3.8, 4) is 0 Å². The largest absolute Gasteiger partial charge is 0.480 e. The van der Waals surface area contributed by atoms with Gasteiger partial charge in [0.25, 0.3) is 0 Å². The molecule has 0 aromatic carbocycles. The smallest absolute Gasteiger partial charge is 0.326 e. The molecule has 1 saturated heterocycles. The lowest BCUT2D eigenvalue weighted by Crippen LogP contribution is -2.57. The molecular formula is C22H36N6O5S. The Balaban J connectivity index is 2.14. The van der Waals surface area contributed by atoms with E-state index in [1.807, 2.05) is 20.1 Å². The van der Waals surface area contributed by atoms with Crippen LogP contribution in [-0.2, 0) is 25.6 Å². The van der Waals surface area contributed by atoms with E-state index in [4.69, 9.17) is 0 Å². The SMILES string of the molecule is CSCCC(NC(=O)C(Cc1cnc[nH]1)NC(=O)C(CC(C)C)NC(=O)C1CCCN1)C(=O)O. The molecule has 1 aromatic rings. The number of imidazole rings is 1. The number of aromatic amines is 1. The first kappa shape index (κ1) is 27.6. The Bertz CT molecular complexity index is 813. The third-order valence-electron chi connectivity index (χ3n) is 5.55. The number of thioether (sulfide) groups is 1. The molecule has 1 fully saturated rings. The zero-order valence-electron chi connectivity index (χ0n) is 19.9. The molecule has 1 aliphatic heterocycles. The molecule has 0 spiro atoms. The summed E-state index contributed by atoms with van der Waals surface area (Å²) in [5.41, 5.74) is 0.607. The van der Waals surface area contributed by atoms with Gasteiger partial charge in [-0.1, -0.05) is 13.8 Å². The fourth-order valence-electron chi connectivity index (χ4n) is 3.75. The Kier molecular flexibility index (Phi) is 11.3. The van der Waals surface area contributed by atoms with Gasteiger partial charge in [0.1, 0.15) is 18.1 Å². The summed E-state index contributed by atoms with van der Waals surface area (Å²) in [7, 11) is 0. The summed E-state index contributed by atoms with van der Waals surface area (Å²) in [6, 6.07) is -3.26. The van der Waals surface area contributed by atoms with E-state index >= 15 is 0 Å². The summed E-state index contributed by atoms with van der Waals surface area (Å²) in [4.78, 5) is 57.3. The number of hydrogen-bond donors (Lipinski definition) is 6. The maximum atomic E-state index is 13.2. The molecule has 3 amide bonds. The number of amides is 3. The van der Waals surface area contributed by atoms with Crippen LogP contribution in [0.15, 0.2) is 12.5 Å². The average Bonchev–Trinajstić information content (AvgIpc) is 3.49. The second kappa shape index (κ2) is 14.0. The van der Waals surface area contributed by atoms with Crippen molar-refractivity contribution in [1.82, 2.24) is 31.2 Å². The highest BCUT2D eigenvalue weighted by atomic mass is 32.2. The van der Waals surface area contributed by atoms with E-state index in [1.54, 1.807) is 0 Å². The van der Waals surface area contributed by atoms with Crippen LogP contribution in [0.25, 0.3) is 0 Å². The molecule has 190 valence electrons. The minimum atomic E-state index is -1.14. The van der Waals surface area contributed by atoms with Crippen LogP contribution in [0.2, 0.25) is 0 Å². The highest BCUT2D eigenvalue weighted by Gasteiger charge is 2.32. The number of hydrogen-bond acceptors (Lipinski definition) is 7. The minimum Gasteiger partial charge on any atom is -0.480 e. The van der Waals surface area contributed by atoms with E-state index in [0.29, 0.717) is 24.3 Å². The number of rotatable bonds is 14. The predicted molar refractivity (Wildman–Crippen MR) is 129 cm³/mol. The summed E-state index contributed by atoms with van der Waals surface area (Å²) >= 11 is 1.48. The Morgan fingerprint density at radius 2 is 1.85 bits per heavy atom. The van der Waals surface area contributed by atoms with Crippen LogP contribution in [0.5, 0.6) is 0 Å². The number of aromatic nitrogens is 2. The number of nitrogens with zero attached hydrogens (tertiary/aromatic N) is 1. The number of aliphatic carboxylic acids is 1. The van der Waals surface area contributed by atoms with Gasteiger partial charge in [0.2, 0.25) is 17.7 Å². The van der Waals surface area contributed by atoms with Crippen molar-refractivity contribution in [3.05, 3.63) is 18.2 Å². The Morgan fingerprint density at radius 3 is 2.41 bits per heavy atom. The van der Waals surface area contributed by atoms with Crippen molar-refractivity contribution in [2.75, 3.05) is 18.6 Å². The molecule has 0 bridgehead atoms. The zero-order chi connectivity index (χ0) is 25.1. The molecule has 34 heavy (non-hydrogen) atoms. The standard InChI is InChI=1S/C22H36N6O5S/c1-13(2)9-17(27-19(29)15-5-4-7-24-15)20(30)28-18(10-14-11-23-12-25-14)21(31)26-16(22(32)33)6-8-34-3/h11-13,15-18,24H,4-10H2,1-3H3,(H,23,25)(H,26,31)(H,27,29)(H,28,30)(H,32,33). The summed E-state index contributed by atoms with van der Waals surface area (Å²) in [6.45, 7) is 4.64. The first-order valence-corrected chi connectivity index (χ1v) is 12.9. The molecule has 1 aromatic heterocycles. The highest BCUT2D eigenvalue weighted by molar-refractivity contribution is 7.98. The third kappa shape index (κ3) is 8.98. The van der Waals surface area contributed by atoms with Crippen molar-refractivity contribution in [2.24, 2.45) is 5.92 Å². The van der Waals surface area contributed by atoms with Crippen molar-refractivity contribution < 1.29 is 24.3 Å². The molecule has 0 saturated carbocycles. The molecule has 6 N–H and O–H groups in total. The van der Waals surface area contributed by atoms with Gasteiger partial charge in [-0.3, -0.25) is 14.4 Å². The van der Waals surface area contributed by atoms with E-state index < -0.39 is 35.9 Å². The zero-order valence-corrected chi connectivity index (χ0v) is 20.7. The second-order valence-corrected chi connectivity index (χ2v) is 9.85. The van der Waals surface area contributed by atoms with E-state index in [9.17, 15) is 24.3 Å². The Hall–Kier alpha value is -2.60. The molecular weight excluding hydrogens is 460 g/mol. The molecule has 0 aliphatic carbocycles. The van der Waals surface area contributed by atoms with Crippen LogP contribution < -0.4 is 21.3 Å². The van der Waals surface area contributed by atoms with E-state index in [1.165, 1.54) is 24.3 Å². The van der Waals surface area contributed by atoms with Gasteiger partial charge in [0.05, 0.1) is 12.4 Å². The van der Waals surface area contributed by atoms with Gasteiger partial charge < -0.3 is 31.4 Å². The van der Waals surface area contributed by atoms with Crippen LogP contribution in [0, 0.1) is 5.92 Å². The van der Waals surface area contributed by atoms with Crippen molar-refractivity contribution in [2.45, 2.75) is 70.1 Å². The Labute approximate surface area is 204 Å². The summed E-state index contributed by atoms with van der Waals surface area (Å²) in [5.74, 6) is -1.79. The first-order chi connectivity index (χ1) is 16.2. The molecule has 2 rings (SSSR count). The highest BCUT2D eigenvalue weighted by Crippen LogP contribution is 2.10. The number of H-pyrrole nitrogens is 1. The lowest BCUT2D eigenvalue weighted by molar-refractivity contribution is -0.142. The van der Waals surface area contributed by atoms with Crippen LogP contribution >= 0.6 is 11.8 Å². The van der Waals surface area contributed by atoms with Crippen LogP contribution in [-0.4, -0.2) is 81.5 Å². The maximum Gasteiger partial charge on any atom is 0.326 e. The first-order valence-electron chi connectivity index (χ1n) is 11.5. The molecule has 12 heteroatoms. The lowest BCUT2D eigenvalue weighted by atomic mass is 10.0. The molecule has 1 aliphatic rings. The van der Waals surface area contributed by atoms with Gasteiger partial charge in [-0.2, -0.15) is 11.8 Å². The second-order valence-electron chi connectivity index (χ2n) is 8.86. The molecule has 2 heterocycles. The van der Waals surface area contributed by atoms with Gasteiger partial charge in [-0.25, -0.2) is 9.78 Å². The number of carbonyl (C=O) groups is 4. The van der Waals surface area contributed by atoms with Crippen LogP contribution in [0.3, 0.4) is 0 Å². The van der Waals surface area contributed by atoms with Gasteiger partial charge in [-0.05, 0) is 50.2 Å². The monoisotopic (exact) mass is 496 g/mol. The fraction of sp³-hybridized carbons (Fsp3) is 0.682. The lowest BCUT2D eigenvalue weighted by Gasteiger charge is -2.26. The van der Waals surface area contributed by atoms with Crippen molar-refractivity contribution in [3.63, 3.8) is 0 Å².